The summed E-state index contributed by atoms with van der Waals surface area (Å²) in [4.78, 5) is 24.6. The number of rotatable bonds is 2. The zero-order valence-electron chi connectivity index (χ0n) is 8.74. The third-order valence-electron chi connectivity index (χ3n) is 2.43. The summed E-state index contributed by atoms with van der Waals surface area (Å²) in [6.45, 7) is 1.26. The summed E-state index contributed by atoms with van der Waals surface area (Å²) in [5, 5.41) is 0. The number of allylic oxidation sites excluding steroid dienone is 1. The molecule has 1 aliphatic rings. The summed E-state index contributed by atoms with van der Waals surface area (Å²) >= 11 is 0. The monoisotopic (exact) mass is 219 g/mol. The molecule has 0 aliphatic carbocycles. The van der Waals surface area contributed by atoms with Gasteiger partial charge >= 0.3 is 0 Å². The van der Waals surface area contributed by atoms with Crippen LogP contribution in [-0.2, 0) is 0 Å². The lowest BCUT2D eigenvalue weighted by Gasteiger charge is -2.10. The van der Waals surface area contributed by atoms with Gasteiger partial charge < -0.3 is 0 Å². The smallest absolute Gasteiger partial charge is 0.261 e. The Morgan fingerprint density at radius 2 is 1.75 bits per heavy atom. The molecule has 0 atom stereocenters. The van der Waals surface area contributed by atoms with Crippen molar-refractivity contribution in [1.29, 1.82) is 0 Å². The van der Waals surface area contributed by atoms with Gasteiger partial charge in [-0.25, -0.2) is 4.39 Å². The topological polar surface area (TPSA) is 37.4 Å². The van der Waals surface area contributed by atoms with Gasteiger partial charge in [0.25, 0.3) is 11.8 Å². The number of amides is 2. The van der Waals surface area contributed by atoms with Gasteiger partial charge in [0.15, 0.2) is 0 Å². The van der Waals surface area contributed by atoms with E-state index in [-0.39, 0.29) is 18.4 Å². The summed E-state index contributed by atoms with van der Waals surface area (Å²) < 4.78 is 12.5. The Morgan fingerprint density at radius 1 is 1.25 bits per heavy atom. The molecule has 82 valence electrons. The summed E-state index contributed by atoms with van der Waals surface area (Å²) in [7, 11) is 0. The molecule has 4 heteroatoms. The third-order valence-corrected chi connectivity index (χ3v) is 2.43. The Kier molecular flexibility index (Phi) is 2.56. The van der Waals surface area contributed by atoms with Crippen molar-refractivity contribution in [3.8, 4) is 0 Å². The third kappa shape index (κ3) is 1.62. The Bertz CT molecular complexity index is 455. The number of fused-ring (bicyclic) bond motifs is 1. The molecule has 3 nitrogen and oxygen atoms in total. The number of nitrogens with zero attached hydrogens (tertiary/aromatic N) is 1. The highest BCUT2D eigenvalue weighted by molar-refractivity contribution is 6.21. The number of imide groups is 1. The number of halogens is 1. The molecule has 0 radical (unpaired) electrons. The summed E-state index contributed by atoms with van der Waals surface area (Å²) in [5.41, 5.74) is 0.773. The van der Waals surface area contributed by atoms with E-state index in [0.717, 1.165) is 4.90 Å². The lowest BCUT2D eigenvalue weighted by molar-refractivity contribution is 0.0671. The van der Waals surface area contributed by atoms with E-state index in [1.165, 1.54) is 13.0 Å². The summed E-state index contributed by atoms with van der Waals surface area (Å²) in [5.74, 6) is -1.13. The molecule has 0 unspecified atom stereocenters. The first kappa shape index (κ1) is 10.5. The second-order valence-electron chi connectivity index (χ2n) is 3.56. The van der Waals surface area contributed by atoms with Gasteiger partial charge in [-0.15, -0.1) is 0 Å². The molecule has 1 heterocycles. The van der Waals surface area contributed by atoms with E-state index in [0.29, 0.717) is 11.1 Å². The van der Waals surface area contributed by atoms with Gasteiger partial charge in [-0.2, -0.15) is 0 Å². The molecular weight excluding hydrogens is 209 g/mol. The second-order valence-corrected chi connectivity index (χ2v) is 3.56. The fourth-order valence-electron chi connectivity index (χ4n) is 1.62. The first-order chi connectivity index (χ1) is 7.61. The van der Waals surface area contributed by atoms with Crippen LogP contribution < -0.4 is 0 Å². The number of hydrogen-bond acceptors (Lipinski definition) is 2. The Hall–Kier alpha value is -1.97. The van der Waals surface area contributed by atoms with E-state index in [1.54, 1.807) is 24.3 Å². The van der Waals surface area contributed by atoms with Gasteiger partial charge in [0.05, 0.1) is 23.5 Å². The van der Waals surface area contributed by atoms with Crippen molar-refractivity contribution in [2.24, 2.45) is 0 Å². The zero-order valence-corrected chi connectivity index (χ0v) is 8.74. The van der Waals surface area contributed by atoms with E-state index < -0.39 is 5.83 Å². The largest absolute Gasteiger partial charge is 0.270 e. The number of benzene rings is 1. The highest BCUT2D eigenvalue weighted by Crippen LogP contribution is 2.22. The molecule has 16 heavy (non-hydrogen) atoms. The maximum Gasteiger partial charge on any atom is 0.261 e. The van der Waals surface area contributed by atoms with E-state index >= 15 is 0 Å². The molecule has 2 rings (SSSR count). The van der Waals surface area contributed by atoms with Crippen LogP contribution in [0.5, 0.6) is 0 Å². The molecule has 2 amide bonds. The van der Waals surface area contributed by atoms with Crippen LogP contribution in [-0.4, -0.2) is 23.3 Å². The zero-order chi connectivity index (χ0) is 11.7. The first-order valence-corrected chi connectivity index (χ1v) is 4.88. The predicted molar refractivity (Wildman–Crippen MR) is 56.7 cm³/mol. The molecule has 0 saturated heterocycles. The SMILES string of the molecule is C/C(F)=C/CN1C(=O)c2ccccc2C1=O. The lowest BCUT2D eigenvalue weighted by atomic mass is 10.1. The van der Waals surface area contributed by atoms with Crippen molar-refractivity contribution < 1.29 is 14.0 Å². The fourth-order valence-corrected chi connectivity index (χ4v) is 1.62. The van der Waals surface area contributed by atoms with Crippen LogP contribution in [0, 0.1) is 0 Å². The maximum atomic E-state index is 12.5. The van der Waals surface area contributed by atoms with Crippen molar-refractivity contribution in [3.63, 3.8) is 0 Å². The van der Waals surface area contributed by atoms with Gasteiger partial charge in [-0.05, 0) is 25.1 Å². The Balaban J connectivity index is 2.32. The van der Waals surface area contributed by atoms with Crippen molar-refractivity contribution >= 4 is 11.8 Å². The normalized spacial score (nSPS) is 15.6. The predicted octanol–water partition coefficient (Wildman–Crippen LogP) is 2.16. The lowest BCUT2D eigenvalue weighted by Crippen LogP contribution is -2.29. The minimum absolute atomic E-state index is 0.0192. The molecular formula is C12H10FNO2. The van der Waals surface area contributed by atoms with Crippen molar-refractivity contribution in [2.75, 3.05) is 6.54 Å². The first-order valence-electron chi connectivity index (χ1n) is 4.88. The maximum absolute atomic E-state index is 12.5. The standard InChI is InChI=1S/C12H10FNO2/c1-8(13)6-7-14-11(15)9-4-2-3-5-10(9)12(14)16/h2-6H,7H2,1H3/b8-6-. The number of carbonyl (C=O) groups excluding carboxylic acids is 2. The number of hydrogen-bond donors (Lipinski definition) is 0. The molecule has 0 bridgehead atoms. The van der Waals surface area contributed by atoms with Crippen LogP contribution in [0.2, 0.25) is 0 Å². The highest BCUT2D eigenvalue weighted by Gasteiger charge is 2.34. The fraction of sp³-hybridized carbons (Fsp3) is 0.167. The molecule has 0 aromatic heterocycles. The van der Waals surface area contributed by atoms with Gasteiger partial charge in [-0.3, -0.25) is 14.5 Å². The Labute approximate surface area is 92.2 Å². The van der Waals surface area contributed by atoms with Crippen LogP contribution in [0.15, 0.2) is 36.2 Å². The molecule has 0 spiro atoms. The van der Waals surface area contributed by atoms with Crippen LogP contribution in [0.25, 0.3) is 0 Å². The van der Waals surface area contributed by atoms with Crippen molar-refractivity contribution in [2.45, 2.75) is 6.92 Å². The minimum Gasteiger partial charge on any atom is -0.270 e. The summed E-state index contributed by atoms with van der Waals surface area (Å²) in [6, 6.07) is 6.59. The molecule has 0 saturated carbocycles. The van der Waals surface area contributed by atoms with Gasteiger partial charge in [0.2, 0.25) is 0 Å². The van der Waals surface area contributed by atoms with Crippen LogP contribution in [0.4, 0.5) is 4.39 Å². The van der Waals surface area contributed by atoms with Crippen LogP contribution in [0.1, 0.15) is 27.6 Å². The van der Waals surface area contributed by atoms with E-state index in [1.807, 2.05) is 0 Å². The molecule has 0 fully saturated rings. The van der Waals surface area contributed by atoms with E-state index in [4.69, 9.17) is 0 Å². The number of carbonyl (C=O) groups is 2. The van der Waals surface area contributed by atoms with Crippen LogP contribution in [0.3, 0.4) is 0 Å². The van der Waals surface area contributed by atoms with E-state index in [9.17, 15) is 14.0 Å². The average Bonchev–Trinajstić information content (AvgIpc) is 2.50. The molecule has 0 N–H and O–H groups in total. The van der Waals surface area contributed by atoms with Crippen LogP contribution >= 0.6 is 0 Å². The van der Waals surface area contributed by atoms with Crippen molar-refractivity contribution in [1.82, 2.24) is 4.90 Å². The van der Waals surface area contributed by atoms with Crippen molar-refractivity contribution in [3.05, 3.63) is 47.3 Å². The average molecular weight is 219 g/mol. The quantitative estimate of drug-likeness (QED) is 0.715. The molecule has 1 aliphatic heterocycles. The van der Waals surface area contributed by atoms with Gasteiger partial charge in [-0.1, -0.05) is 12.1 Å². The van der Waals surface area contributed by atoms with Gasteiger partial charge in [0.1, 0.15) is 0 Å². The molecule has 1 aromatic rings. The Morgan fingerprint density at radius 3 is 2.19 bits per heavy atom. The van der Waals surface area contributed by atoms with E-state index in [2.05, 4.69) is 0 Å². The molecule has 1 aromatic carbocycles. The second kappa shape index (κ2) is 3.89. The minimum atomic E-state index is -0.406. The summed E-state index contributed by atoms with van der Waals surface area (Å²) in [6.07, 6.45) is 1.21. The highest BCUT2D eigenvalue weighted by atomic mass is 19.1. The van der Waals surface area contributed by atoms with Gasteiger partial charge in [0, 0.05) is 0 Å².